The molecular formula is C17H16N6OS. The molecule has 7 nitrogen and oxygen atoms in total. The Bertz CT molecular complexity index is 985. The zero-order valence-electron chi connectivity index (χ0n) is 13.6. The molecular weight excluding hydrogens is 336 g/mol. The fraction of sp³-hybridized carbons (Fsp3) is 0.294. The number of rotatable bonds is 3. The highest BCUT2D eigenvalue weighted by Gasteiger charge is 2.28. The zero-order valence-corrected chi connectivity index (χ0v) is 14.4. The van der Waals surface area contributed by atoms with Crippen LogP contribution in [0.4, 0.5) is 5.13 Å². The summed E-state index contributed by atoms with van der Waals surface area (Å²) in [5.41, 5.74) is 3.01. The second-order valence-electron chi connectivity index (χ2n) is 6.12. The Morgan fingerprint density at radius 1 is 1.52 bits per heavy atom. The van der Waals surface area contributed by atoms with Crippen LogP contribution in [0.3, 0.4) is 0 Å². The Balaban J connectivity index is 1.50. The number of aromatic amines is 1. The van der Waals surface area contributed by atoms with Crippen molar-refractivity contribution in [1.82, 2.24) is 20.1 Å². The molecule has 1 atom stereocenters. The van der Waals surface area contributed by atoms with Crippen LogP contribution >= 0.6 is 11.3 Å². The highest BCUT2D eigenvalue weighted by molar-refractivity contribution is 7.19. The van der Waals surface area contributed by atoms with E-state index in [-0.39, 0.29) is 11.8 Å². The molecule has 1 aliphatic rings. The smallest absolute Gasteiger partial charge is 0.231 e. The van der Waals surface area contributed by atoms with Crippen molar-refractivity contribution in [2.45, 2.75) is 13.3 Å². The van der Waals surface area contributed by atoms with Gasteiger partial charge in [0.15, 0.2) is 11.3 Å². The highest BCUT2D eigenvalue weighted by atomic mass is 32.1. The van der Waals surface area contributed by atoms with Crippen LogP contribution in [0.25, 0.3) is 21.3 Å². The van der Waals surface area contributed by atoms with Crippen LogP contribution in [0.5, 0.6) is 0 Å². The van der Waals surface area contributed by atoms with Gasteiger partial charge in [-0.15, -0.1) is 0 Å². The summed E-state index contributed by atoms with van der Waals surface area (Å²) in [6, 6.07) is 6.09. The van der Waals surface area contributed by atoms with E-state index in [0.717, 1.165) is 27.0 Å². The van der Waals surface area contributed by atoms with Crippen LogP contribution in [0.1, 0.15) is 12.1 Å². The summed E-state index contributed by atoms with van der Waals surface area (Å²) in [6.45, 7) is 3.09. The summed E-state index contributed by atoms with van der Waals surface area (Å²) < 4.78 is 0. The highest BCUT2D eigenvalue weighted by Crippen LogP contribution is 2.32. The molecule has 126 valence electrons. The minimum absolute atomic E-state index is 0.0696. The molecule has 4 rings (SSSR count). The number of benzene rings is 1. The Kier molecular flexibility index (Phi) is 3.86. The van der Waals surface area contributed by atoms with Crippen LogP contribution in [-0.2, 0) is 4.79 Å². The van der Waals surface area contributed by atoms with Crippen molar-refractivity contribution in [1.29, 1.82) is 5.26 Å². The fourth-order valence-corrected chi connectivity index (χ4v) is 3.85. The van der Waals surface area contributed by atoms with E-state index in [1.807, 2.05) is 19.1 Å². The van der Waals surface area contributed by atoms with Gasteiger partial charge in [0, 0.05) is 24.7 Å². The molecule has 1 aromatic carbocycles. The van der Waals surface area contributed by atoms with Crippen molar-refractivity contribution in [3.63, 3.8) is 0 Å². The number of fused-ring (bicyclic) bond motifs is 1. The molecule has 0 radical (unpaired) electrons. The first-order valence-electron chi connectivity index (χ1n) is 8.00. The maximum Gasteiger partial charge on any atom is 0.231 e. The second kappa shape index (κ2) is 6.18. The van der Waals surface area contributed by atoms with Crippen molar-refractivity contribution in [3.8, 4) is 16.6 Å². The molecule has 1 unspecified atom stereocenters. The number of hydrogen-bond acceptors (Lipinski definition) is 6. The second-order valence-corrected chi connectivity index (χ2v) is 7.15. The fourth-order valence-electron chi connectivity index (χ4n) is 3.04. The molecule has 0 spiro atoms. The van der Waals surface area contributed by atoms with Crippen LogP contribution in [-0.4, -0.2) is 39.1 Å². The number of thiazole rings is 1. The molecule has 1 fully saturated rings. The number of nitrogens with zero attached hydrogens (tertiary/aromatic N) is 4. The van der Waals surface area contributed by atoms with E-state index in [1.54, 1.807) is 11.1 Å². The van der Waals surface area contributed by atoms with Gasteiger partial charge in [-0.05, 0) is 31.0 Å². The molecule has 1 aliphatic heterocycles. The molecule has 2 N–H and O–H groups in total. The maximum absolute atomic E-state index is 12.3. The molecule has 1 saturated heterocycles. The third kappa shape index (κ3) is 2.94. The molecule has 25 heavy (non-hydrogen) atoms. The van der Waals surface area contributed by atoms with Gasteiger partial charge in [0.05, 0.1) is 22.0 Å². The predicted molar refractivity (Wildman–Crippen MR) is 95.9 cm³/mol. The monoisotopic (exact) mass is 352 g/mol. The number of aromatic nitrogens is 3. The summed E-state index contributed by atoms with van der Waals surface area (Å²) in [5.74, 6) is -0.225. The van der Waals surface area contributed by atoms with Gasteiger partial charge in [-0.3, -0.25) is 9.89 Å². The minimum Gasteiger partial charge on any atom is -0.310 e. The van der Waals surface area contributed by atoms with Gasteiger partial charge in [-0.2, -0.15) is 10.4 Å². The predicted octanol–water partition coefficient (Wildman–Crippen LogP) is 2.74. The van der Waals surface area contributed by atoms with Crippen LogP contribution in [0.2, 0.25) is 0 Å². The van der Waals surface area contributed by atoms with E-state index in [2.05, 4.69) is 32.8 Å². The zero-order chi connectivity index (χ0) is 17.4. The number of amides is 1. The lowest BCUT2D eigenvalue weighted by molar-refractivity contribution is -0.119. The van der Waals surface area contributed by atoms with Crippen LogP contribution in [0, 0.1) is 24.3 Å². The third-order valence-corrected chi connectivity index (χ3v) is 5.44. The average molecular weight is 352 g/mol. The number of nitriles is 1. The normalized spacial score (nSPS) is 17.0. The van der Waals surface area contributed by atoms with E-state index in [9.17, 15) is 4.79 Å². The summed E-state index contributed by atoms with van der Waals surface area (Å²) in [5, 5.41) is 20.6. The Morgan fingerprint density at radius 3 is 3.20 bits per heavy atom. The number of anilines is 1. The van der Waals surface area contributed by atoms with Crippen LogP contribution in [0.15, 0.2) is 24.4 Å². The lowest BCUT2D eigenvalue weighted by Gasteiger charge is -2.08. The van der Waals surface area contributed by atoms with Gasteiger partial charge >= 0.3 is 0 Å². The molecule has 1 amide bonds. The summed E-state index contributed by atoms with van der Waals surface area (Å²) >= 11 is 1.44. The quantitative estimate of drug-likeness (QED) is 0.706. The Labute approximate surface area is 148 Å². The molecule has 0 saturated carbocycles. The van der Waals surface area contributed by atoms with Crippen molar-refractivity contribution in [3.05, 3.63) is 30.1 Å². The molecule has 0 aliphatic carbocycles. The van der Waals surface area contributed by atoms with Gasteiger partial charge in [0.1, 0.15) is 0 Å². The third-order valence-electron chi connectivity index (χ3n) is 4.47. The van der Waals surface area contributed by atoms with Crippen molar-refractivity contribution < 1.29 is 4.79 Å². The van der Waals surface area contributed by atoms with E-state index in [0.29, 0.717) is 24.6 Å². The maximum atomic E-state index is 12.3. The summed E-state index contributed by atoms with van der Waals surface area (Å²) in [4.78, 5) is 19.2. The molecule has 0 bridgehead atoms. The lowest BCUT2D eigenvalue weighted by Crippen LogP contribution is -2.25. The van der Waals surface area contributed by atoms with Gasteiger partial charge in [-0.1, -0.05) is 17.4 Å². The number of aryl methyl sites for hydroxylation is 1. The summed E-state index contributed by atoms with van der Waals surface area (Å²) in [7, 11) is 0. The van der Waals surface area contributed by atoms with Crippen molar-refractivity contribution >= 4 is 33.3 Å². The van der Waals surface area contributed by atoms with E-state index in [1.165, 1.54) is 11.3 Å². The number of H-pyrrole nitrogens is 1. The van der Waals surface area contributed by atoms with Crippen molar-refractivity contribution in [2.75, 3.05) is 18.4 Å². The first-order chi connectivity index (χ1) is 12.1. The topological polar surface area (TPSA) is 97.7 Å². The standard InChI is InChI=1S/C17H16N6OS/c1-10-13-6-11(2-3-14(13)22-21-10)15-7-19-17(25-15)20-16(24)12-4-5-23(8-12)9-18/h2-3,6-7,12H,4-5,8H2,1H3,(H,21,22)(H,19,20,24). The van der Waals surface area contributed by atoms with E-state index >= 15 is 0 Å². The number of hydrogen-bond donors (Lipinski definition) is 2. The Hall–Kier alpha value is -2.92. The SMILES string of the molecule is Cc1n[nH]c2ccc(-c3cnc(NC(=O)C4CCN(C#N)C4)s3)cc12. The van der Waals surface area contributed by atoms with Crippen molar-refractivity contribution in [2.24, 2.45) is 5.92 Å². The number of likely N-dealkylation sites (tertiary alicyclic amines) is 1. The number of carbonyl (C=O) groups excluding carboxylic acids is 1. The van der Waals surface area contributed by atoms with Gasteiger partial charge < -0.3 is 10.2 Å². The van der Waals surface area contributed by atoms with Gasteiger partial charge in [-0.25, -0.2) is 4.98 Å². The summed E-state index contributed by atoms with van der Waals surface area (Å²) in [6.07, 6.45) is 4.56. The largest absolute Gasteiger partial charge is 0.310 e. The Morgan fingerprint density at radius 2 is 2.40 bits per heavy atom. The first-order valence-corrected chi connectivity index (χ1v) is 8.82. The van der Waals surface area contributed by atoms with E-state index < -0.39 is 0 Å². The molecule has 2 aromatic heterocycles. The lowest BCUT2D eigenvalue weighted by atomic mass is 10.1. The first kappa shape index (κ1) is 15.6. The average Bonchev–Trinajstić information content (AvgIpc) is 3.35. The van der Waals surface area contributed by atoms with Crippen LogP contribution < -0.4 is 5.32 Å². The number of nitrogens with one attached hydrogen (secondary N) is 2. The molecule has 3 heterocycles. The molecule has 3 aromatic rings. The van der Waals surface area contributed by atoms with Gasteiger partial charge in [0.25, 0.3) is 0 Å². The molecule has 8 heteroatoms. The van der Waals surface area contributed by atoms with Gasteiger partial charge in [0.2, 0.25) is 5.91 Å². The number of carbonyl (C=O) groups is 1. The van der Waals surface area contributed by atoms with E-state index in [4.69, 9.17) is 5.26 Å². The minimum atomic E-state index is -0.156.